The molecule has 0 atom stereocenters. The van der Waals surface area contributed by atoms with Crippen molar-refractivity contribution >= 4 is 21.4 Å². The van der Waals surface area contributed by atoms with E-state index in [9.17, 15) is 8.78 Å². The summed E-state index contributed by atoms with van der Waals surface area (Å²) in [6.07, 6.45) is 1.87. The summed E-state index contributed by atoms with van der Waals surface area (Å²) in [5.74, 6) is 0.197. The fourth-order valence-corrected chi connectivity index (χ4v) is 4.72. The van der Waals surface area contributed by atoms with E-state index >= 15 is 0 Å². The van der Waals surface area contributed by atoms with Crippen molar-refractivity contribution in [3.8, 4) is 17.0 Å². The molecule has 0 aliphatic carbocycles. The van der Waals surface area contributed by atoms with E-state index in [1.807, 2.05) is 6.20 Å². The first-order chi connectivity index (χ1) is 15.1. The van der Waals surface area contributed by atoms with Crippen molar-refractivity contribution in [2.75, 3.05) is 38.2 Å². The normalized spacial score (nSPS) is 15.0. The van der Waals surface area contributed by atoms with E-state index in [4.69, 9.17) is 4.74 Å². The fraction of sp³-hybridized carbons (Fsp3) is 0.273. The standard InChI is InChI=1S/C22H21F2N5OS/c1-30-20-7-6-18(24)12-16(20)13-27-8-10-28(11-9-27)22-26-29-14-19(25-21(29)31-22)15-2-4-17(23)5-3-15/h2-7,12,14H,8-11,13H2,1H3. The number of anilines is 1. The minimum atomic E-state index is -0.264. The third-order valence-electron chi connectivity index (χ3n) is 5.45. The lowest BCUT2D eigenvalue weighted by molar-refractivity contribution is 0.245. The molecule has 0 spiro atoms. The summed E-state index contributed by atoms with van der Waals surface area (Å²) in [4.78, 5) is 9.98. The van der Waals surface area contributed by atoms with Crippen LogP contribution in [0.4, 0.5) is 13.9 Å². The Morgan fingerprint density at radius 2 is 1.74 bits per heavy atom. The van der Waals surface area contributed by atoms with E-state index in [0.717, 1.165) is 53.1 Å². The van der Waals surface area contributed by atoms with Crippen LogP contribution in [0.5, 0.6) is 5.75 Å². The lowest BCUT2D eigenvalue weighted by Gasteiger charge is -2.34. The van der Waals surface area contributed by atoms with Crippen LogP contribution < -0.4 is 9.64 Å². The van der Waals surface area contributed by atoms with E-state index in [2.05, 4.69) is 19.9 Å². The number of piperazine rings is 1. The van der Waals surface area contributed by atoms with Crippen molar-refractivity contribution in [3.05, 3.63) is 65.9 Å². The Bertz CT molecular complexity index is 1170. The van der Waals surface area contributed by atoms with E-state index in [-0.39, 0.29) is 11.6 Å². The molecule has 5 rings (SSSR count). The highest BCUT2D eigenvalue weighted by molar-refractivity contribution is 7.20. The van der Waals surface area contributed by atoms with Gasteiger partial charge in [0.15, 0.2) is 0 Å². The number of ether oxygens (including phenoxy) is 1. The second-order valence-corrected chi connectivity index (χ2v) is 8.40. The molecule has 0 N–H and O–H groups in total. The first-order valence-corrected chi connectivity index (χ1v) is 10.8. The molecule has 1 saturated heterocycles. The summed E-state index contributed by atoms with van der Waals surface area (Å²) in [7, 11) is 1.61. The molecule has 0 radical (unpaired) electrons. The van der Waals surface area contributed by atoms with Gasteiger partial charge in [-0.25, -0.2) is 18.3 Å². The van der Waals surface area contributed by atoms with Gasteiger partial charge in [-0.3, -0.25) is 4.90 Å². The van der Waals surface area contributed by atoms with E-state index in [1.165, 1.54) is 18.2 Å². The van der Waals surface area contributed by atoms with Crippen molar-refractivity contribution in [1.82, 2.24) is 19.5 Å². The van der Waals surface area contributed by atoms with Crippen LogP contribution in [0.2, 0.25) is 0 Å². The zero-order valence-corrected chi connectivity index (χ0v) is 17.8. The van der Waals surface area contributed by atoms with Gasteiger partial charge < -0.3 is 9.64 Å². The Balaban J connectivity index is 1.25. The molecule has 3 heterocycles. The van der Waals surface area contributed by atoms with Crippen LogP contribution in [0.15, 0.2) is 48.7 Å². The Kier molecular flexibility index (Phi) is 5.29. The molecule has 1 aliphatic rings. The molecule has 31 heavy (non-hydrogen) atoms. The molecule has 2 aromatic heterocycles. The molecule has 0 amide bonds. The molecule has 0 unspecified atom stereocenters. The van der Waals surface area contributed by atoms with Crippen LogP contribution in [0.3, 0.4) is 0 Å². The maximum atomic E-state index is 13.6. The minimum absolute atomic E-state index is 0.249. The lowest BCUT2D eigenvalue weighted by atomic mass is 10.1. The minimum Gasteiger partial charge on any atom is -0.496 e. The number of fused-ring (bicyclic) bond motifs is 1. The number of halogens is 2. The van der Waals surface area contributed by atoms with Crippen LogP contribution in [0.1, 0.15) is 5.56 Å². The molecule has 1 fully saturated rings. The Hall–Kier alpha value is -3.04. The number of hydrogen-bond donors (Lipinski definition) is 0. The molecule has 0 bridgehead atoms. The molecule has 9 heteroatoms. The van der Waals surface area contributed by atoms with Gasteiger partial charge in [-0.15, -0.1) is 5.10 Å². The third-order valence-corrected chi connectivity index (χ3v) is 6.44. The van der Waals surface area contributed by atoms with Crippen molar-refractivity contribution in [3.63, 3.8) is 0 Å². The van der Waals surface area contributed by atoms with Crippen molar-refractivity contribution in [1.29, 1.82) is 0 Å². The van der Waals surface area contributed by atoms with Crippen LogP contribution in [0.25, 0.3) is 16.2 Å². The summed E-state index contributed by atoms with van der Waals surface area (Å²) in [6.45, 7) is 4.01. The van der Waals surface area contributed by atoms with Gasteiger partial charge in [0.1, 0.15) is 17.4 Å². The molecule has 4 aromatic rings. The number of rotatable bonds is 5. The number of imidazole rings is 1. The fourth-order valence-electron chi connectivity index (χ4n) is 3.79. The Morgan fingerprint density at radius 1 is 1.00 bits per heavy atom. The highest BCUT2D eigenvalue weighted by atomic mass is 32.1. The monoisotopic (exact) mass is 441 g/mol. The summed E-state index contributed by atoms with van der Waals surface area (Å²) >= 11 is 1.54. The molecule has 6 nitrogen and oxygen atoms in total. The summed E-state index contributed by atoms with van der Waals surface area (Å²) < 4.78 is 33.9. The maximum Gasteiger partial charge on any atom is 0.214 e. The first-order valence-electron chi connectivity index (χ1n) is 10.0. The summed E-state index contributed by atoms with van der Waals surface area (Å²) in [5.41, 5.74) is 2.50. The van der Waals surface area contributed by atoms with Gasteiger partial charge in [0, 0.05) is 43.9 Å². The van der Waals surface area contributed by atoms with Gasteiger partial charge >= 0.3 is 0 Å². The second-order valence-electron chi connectivity index (χ2n) is 7.46. The average molecular weight is 442 g/mol. The quantitative estimate of drug-likeness (QED) is 0.467. The molecule has 1 aliphatic heterocycles. The maximum absolute atomic E-state index is 13.6. The highest BCUT2D eigenvalue weighted by Crippen LogP contribution is 2.28. The number of benzene rings is 2. The second kappa shape index (κ2) is 8.24. The number of hydrogen-bond acceptors (Lipinski definition) is 6. The number of aromatic nitrogens is 3. The van der Waals surface area contributed by atoms with Gasteiger partial charge in [0.05, 0.1) is 19.0 Å². The summed E-state index contributed by atoms with van der Waals surface area (Å²) in [5, 5.41) is 5.61. The number of nitrogens with zero attached hydrogens (tertiary/aromatic N) is 5. The first kappa shape index (κ1) is 19.9. The molecule has 160 valence electrons. The predicted molar refractivity (Wildman–Crippen MR) is 117 cm³/mol. The van der Waals surface area contributed by atoms with Gasteiger partial charge in [-0.1, -0.05) is 11.3 Å². The number of methoxy groups -OCH3 is 1. The topological polar surface area (TPSA) is 45.9 Å². The zero-order valence-electron chi connectivity index (χ0n) is 17.0. The van der Waals surface area contributed by atoms with Gasteiger partial charge in [0.2, 0.25) is 10.1 Å². The predicted octanol–water partition coefficient (Wildman–Crippen LogP) is 4.07. The zero-order chi connectivity index (χ0) is 21.4. The Labute approximate surface area is 182 Å². The summed E-state index contributed by atoms with van der Waals surface area (Å²) in [6, 6.07) is 10.9. The van der Waals surface area contributed by atoms with Crippen molar-refractivity contribution in [2.24, 2.45) is 0 Å². The van der Waals surface area contributed by atoms with Crippen LogP contribution >= 0.6 is 11.3 Å². The lowest BCUT2D eigenvalue weighted by Crippen LogP contribution is -2.46. The van der Waals surface area contributed by atoms with Crippen LogP contribution in [-0.4, -0.2) is 52.8 Å². The average Bonchev–Trinajstić information content (AvgIpc) is 3.35. The smallest absolute Gasteiger partial charge is 0.214 e. The van der Waals surface area contributed by atoms with Crippen LogP contribution in [-0.2, 0) is 6.54 Å². The molecular formula is C22H21F2N5OS. The SMILES string of the molecule is COc1ccc(F)cc1CN1CCN(c2nn3cc(-c4ccc(F)cc4)nc3s2)CC1. The third kappa shape index (κ3) is 4.11. The largest absolute Gasteiger partial charge is 0.496 e. The van der Waals surface area contributed by atoms with Crippen molar-refractivity contribution < 1.29 is 13.5 Å². The van der Waals surface area contributed by atoms with Gasteiger partial charge in [-0.05, 0) is 42.5 Å². The van der Waals surface area contributed by atoms with Crippen LogP contribution in [0, 0.1) is 11.6 Å². The molecule has 0 saturated carbocycles. The van der Waals surface area contributed by atoms with E-state index < -0.39 is 0 Å². The highest BCUT2D eigenvalue weighted by Gasteiger charge is 2.22. The van der Waals surface area contributed by atoms with E-state index in [1.54, 1.807) is 47.2 Å². The van der Waals surface area contributed by atoms with Gasteiger partial charge in [0.25, 0.3) is 0 Å². The van der Waals surface area contributed by atoms with Gasteiger partial charge in [-0.2, -0.15) is 0 Å². The van der Waals surface area contributed by atoms with E-state index in [0.29, 0.717) is 12.3 Å². The Morgan fingerprint density at radius 3 is 2.45 bits per heavy atom. The van der Waals surface area contributed by atoms with Crippen molar-refractivity contribution in [2.45, 2.75) is 6.54 Å². The molecular weight excluding hydrogens is 420 g/mol. The molecule has 2 aromatic carbocycles.